The number of hydrogen-bond donors (Lipinski definition) is 2. The highest BCUT2D eigenvalue weighted by Gasteiger charge is 2.66. The third-order valence-electron chi connectivity index (χ3n) is 13.6. The summed E-state index contributed by atoms with van der Waals surface area (Å²) in [6.07, 6.45) is 8.77. The van der Waals surface area contributed by atoms with Crippen molar-refractivity contribution in [3.05, 3.63) is 182 Å². The fourth-order valence-electron chi connectivity index (χ4n) is 10.3. The number of allylic oxidation sites excluding steroid dienone is 1. The van der Waals surface area contributed by atoms with Crippen molar-refractivity contribution >= 4 is 34.9 Å². The van der Waals surface area contributed by atoms with Crippen molar-refractivity contribution in [3.63, 3.8) is 0 Å². The summed E-state index contributed by atoms with van der Waals surface area (Å²) >= 11 is 1.62. The van der Waals surface area contributed by atoms with Gasteiger partial charge in [0, 0.05) is 66.8 Å². The first-order chi connectivity index (χ1) is 35.4. The Bertz CT molecular complexity index is 2800. The number of rotatable bonds is 23. The summed E-state index contributed by atoms with van der Waals surface area (Å²) in [6.45, 7) is 3.78. The highest BCUT2D eigenvalue weighted by molar-refractivity contribution is 7.98. The quantitative estimate of drug-likeness (QED) is 0.0206. The van der Waals surface area contributed by atoms with Crippen molar-refractivity contribution in [1.82, 2.24) is 4.90 Å². The van der Waals surface area contributed by atoms with Crippen molar-refractivity contribution in [2.45, 2.75) is 80.7 Å². The van der Waals surface area contributed by atoms with Crippen molar-refractivity contribution in [3.8, 4) is 23.0 Å². The molecule has 18 heteroatoms. The van der Waals surface area contributed by atoms with Crippen molar-refractivity contribution < 1.29 is 53.0 Å². The van der Waals surface area contributed by atoms with E-state index in [1.807, 2.05) is 48.7 Å². The molecule has 6 unspecified atom stereocenters. The Morgan fingerprint density at radius 3 is 2.14 bits per heavy atom. The summed E-state index contributed by atoms with van der Waals surface area (Å²) in [5, 5.41) is 48.0. The predicted octanol–water partition coefficient (Wildman–Crippen LogP) is 11.7. The Hall–Kier alpha value is -7.12. The number of benzene rings is 5. The molecule has 6 atom stereocenters. The number of carbonyl (C=O) groups is 1. The number of amides is 1. The molecule has 1 fully saturated rings. The van der Waals surface area contributed by atoms with E-state index in [0.29, 0.717) is 72.6 Å². The van der Waals surface area contributed by atoms with Gasteiger partial charge in [-0.2, -0.15) is 0 Å². The van der Waals surface area contributed by atoms with Crippen LogP contribution in [0.5, 0.6) is 23.0 Å². The lowest BCUT2D eigenvalue weighted by atomic mass is 9.55. The third-order valence-corrected chi connectivity index (χ3v) is 14.4. The molecule has 5 aromatic carbocycles. The number of thioether (sulfide) groups is 1. The number of fused-ring (bicyclic) bond motifs is 2. The summed E-state index contributed by atoms with van der Waals surface area (Å²) in [5.41, 5.74) is 2.88. The molecule has 1 heterocycles. The Kier molecular flexibility index (Phi) is 17.2. The second-order valence-corrected chi connectivity index (χ2v) is 19.0. The van der Waals surface area contributed by atoms with E-state index in [9.17, 15) is 34.8 Å². The average molecular weight is 1020 g/mol. The number of halogens is 1. The van der Waals surface area contributed by atoms with Crippen molar-refractivity contribution in [1.29, 1.82) is 0 Å². The number of unbranched alkanes of at least 4 members (excludes halogenated alkanes) is 2. The van der Waals surface area contributed by atoms with Gasteiger partial charge in [0.2, 0.25) is 5.79 Å². The van der Waals surface area contributed by atoms with Crippen LogP contribution >= 0.6 is 11.8 Å². The number of nitro benzene ring substituents is 2. The Balaban J connectivity index is 1.33. The smallest absolute Gasteiger partial charge is 0.416 e. The van der Waals surface area contributed by atoms with Gasteiger partial charge in [-0.1, -0.05) is 42.3 Å². The van der Waals surface area contributed by atoms with Gasteiger partial charge in [0.1, 0.15) is 41.5 Å². The number of non-ortho nitro benzene ring substituents is 2. The molecule has 1 amide bonds. The lowest BCUT2D eigenvalue weighted by Gasteiger charge is -2.59. The molecule has 1 saturated carbocycles. The largest absolute Gasteiger partial charge is 0.459 e. The van der Waals surface area contributed by atoms with E-state index >= 15 is 4.79 Å². The number of hydrogen-bond acceptors (Lipinski definition) is 14. The molecule has 16 nitrogen and oxygen atoms in total. The van der Waals surface area contributed by atoms with E-state index in [0.717, 1.165) is 16.0 Å². The van der Waals surface area contributed by atoms with Crippen LogP contribution in [0.15, 0.2) is 150 Å². The number of aliphatic hydroxyl groups excluding tert-OH is 2. The zero-order valence-electron chi connectivity index (χ0n) is 40.3. The second kappa shape index (κ2) is 24.1. The lowest BCUT2D eigenvalue weighted by molar-refractivity contribution is -0.385. The molecule has 1 aliphatic heterocycles. The lowest BCUT2D eigenvalue weighted by Crippen LogP contribution is -2.70. The highest BCUT2D eigenvalue weighted by atomic mass is 32.2. The summed E-state index contributed by atoms with van der Waals surface area (Å²) in [6, 6.07) is 29.1. The number of carbonyl (C=O) groups excluding carboxylic acids is 1. The number of nitro groups is 2. The molecule has 0 radical (unpaired) electrons. The summed E-state index contributed by atoms with van der Waals surface area (Å²) in [5.74, 6) is -1.89. The SMILES string of the molecule is C=CCOC12Oc3ccc(Oc4ccc(SC)cc4)cc3C3C(CCCCO)C(CCCCO)C=C(C(=NOCc4ccc([N+](=O)[O-])cc4)CC1N(Cc1ccc(F)cc1)C(=O)Oc1ccc([N+](=O)[O-])cc1)C32. The van der Waals surface area contributed by atoms with Gasteiger partial charge in [0.25, 0.3) is 11.4 Å². The highest BCUT2D eigenvalue weighted by Crippen LogP contribution is 2.62. The van der Waals surface area contributed by atoms with Gasteiger partial charge in [0.15, 0.2) is 0 Å². The van der Waals surface area contributed by atoms with E-state index < -0.39 is 45.4 Å². The number of ether oxygens (including phenoxy) is 4. The van der Waals surface area contributed by atoms with Crippen molar-refractivity contribution in [2.24, 2.45) is 22.9 Å². The van der Waals surface area contributed by atoms with E-state index in [1.54, 1.807) is 42.1 Å². The number of aliphatic hydroxyl groups is 2. The maximum absolute atomic E-state index is 15.1. The summed E-state index contributed by atoms with van der Waals surface area (Å²) < 4.78 is 41.6. The minimum Gasteiger partial charge on any atom is -0.459 e. The standard InChI is InChI=1S/C55H57FN4O12S/c1-3-30-68-55-51(58(34-36-10-14-39(56)15-11-36)54(63)71-43-20-18-41(19-21-43)60(66)67)33-49(57-69-35-37-12-16-40(17-13-37)59(64)65)47-31-38(8-4-6-28-61)46(9-5-7-29-62)52(53(47)55)48-32-44(24-27-50(48)72-55)70-42-22-25-45(73-2)26-23-42/h3,10-27,31-32,38,46,51-53,61-62H,1,4-9,28-30,33-35H2,2H3. The van der Waals surface area contributed by atoms with Crippen LogP contribution in [0, 0.1) is 43.8 Å². The van der Waals surface area contributed by atoms with Crippen LogP contribution < -0.4 is 14.2 Å². The van der Waals surface area contributed by atoms with Gasteiger partial charge in [-0.25, -0.2) is 9.18 Å². The number of nitrogens with zero attached hydrogens (tertiary/aromatic N) is 4. The zero-order chi connectivity index (χ0) is 51.5. The molecular weight excluding hydrogens is 960 g/mol. The van der Waals surface area contributed by atoms with Gasteiger partial charge in [-0.3, -0.25) is 25.1 Å². The Labute approximate surface area is 426 Å². The molecule has 3 aliphatic rings. The molecule has 2 N–H and O–H groups in total. The van der Waals surface area contributed by atoms with E-state index in [1.165, 1.54) is 53.4 Å². The first kappa shape index (κ1) is 52.2. The summed E-state index contributed by atoms with van der Waals surface area (Å²) in [4.78, 5) is 45.8. The van der Waals surface area contributed by atoms with Crippen LogP contribution in [0.4, 0.5) is 20.6 Å². The molecule has 5 aromatic rings. The fraction of sp³-hybridized carbons (Fsp3) is 0.345. The topological polar surface area (TPSA) is 206 Å². The minimum absolute atomic E-state index is 0.00330. The molecule has 0 aromatic heterocycles. The number of oxime groups is 1. The van der Waals surface area contributed by atoms with Crippen LogP contribution in [-0.2, 0) is 22.7 Å². The molecule has 8 rings (SSSR count). The first-order valence-corrected chi connectivity index (χ1v) is 25.4. The predicted molar refractivity (Wildman–Crippen MR) is 272 cm³/mol. The minimum atomic E-state index is -1.72. The molecule has 73 heavy (non-hydrogen) atoms. The van der Waals surface area contributed by atoms with Crippen LogP contribution in [0.25, 0.3) is 0 Å². The maximum atomic E-state index is 15.1. The van der Waals surface area contributed by atoms with E-state index in [4.69, 9.17) is 28.9 Å². The van der Waals surface area contributed by atoms with Gasteiger partial charge < -0.3 is 34.0 Å². The van der Waals surface area contributed by atoms with Gasteiger partial charge in [-0.05, 0) is 139 Å². The maximum Gasteiger partial charge on any atom is 0.416 e. The van der Waals surface area contributed by atoms with Crippen LogP contribution in [0.1, 0.15) is 67.6 Å². The first-order valence-electron chi connectivity index (χ1n) is 24.2. The normalized spacial score (nSPS) is 21.2. The van der Waals surface area contributed by atoms with E-state index in [2.05, 4.69) is 12.7 Å². The molecule has 0 bridgehead atoms. The monoisotopic (exact) mass is 1020 g/mol. The average Bonchev–Trinajstić information content (AvgIpc) is 3.39. The molecule has 0 spiro atoms. The van der Waals surface area contributed by atoms with Crippen LogP contribution in [-0.4, -0.2) is 74.7 Å². The van der Waals surface area contributed by atoms with Gasteiger partial charge in [-0.15, -0.1) is 18.3 Å². The van der Waals surface area contributed by atoms with Gasteiger partial charge >= 0.3 is 6.09 Å². The second-order valence-electron chi connectivity index (χ2n) is 18.1. The molecule has 382 valence electrons. The zero-order valence-corrected chi connectivity index (χ0v) is 41.1. The van der Waals surface area contributed by atoms with Crippen molar-refractivity contribution in [2.75, 3.05) is 26.1 Å². The molecular formula is C55H57FN4O12S. The summed E-state index contributed by atoms with van der Waals surface area (Å²) in [7, 11) is 0. The third kappa shape index (κ3) is 12.1. The fourth-order valence-corrected chi connectivity index (χ4v) is 10.7. The Morgan fingerprint density at radius 2 is 1.49 bits per heavy atom. The van der Waals surface area contributed by atoms with Crippen LogP contribution in [0.2, 0.25) is 0 Å². The van der Waals surface area contributed by atoms with Gasteiger partial charge in [0.05, 0.1) is 28.1 Å². The Morgan fingerprint density at radius 1 is 0.863 bits per heavy atom. The van der Waals surface area contributed by atoms with Crippen LogP contribution in [0.3, 0.4) is 0 Å². The molecule has 2 aliphatic carbocycles. The molecule has 0 saturated heterocycles. The van der Waals surface area contributed by atoms with E-state index in [-0.39, 0.29) is 68.4 Å².